The van der Waals surface area contributed by atoms with Gasteiger partial charge in [0.05, 0.1) is 0 Å². The van der Waals surface area contributed by atoms with Gasteiger partial charge in [-0.1, -0.05) is 19.7 Å². The zero-order valence-electron chi connectivity index (χ0n) is 14.0. The Morgan fingerprint density at radius 1 is 0.696 bits per heavy atom. The predicted molar refractivity (Wildman–Crippen MR) is 89.3 cm³/mol. The van der Waals surface area contributed by atoms with E-state index in [0.717, 1.165) is 18.2 Å². The number of carboxylic acid groups (broad SMARTS) is 1. The number of carbonyl (C=O) groups excluding carboxylic acids is 4. The fraction of sp³-hybridized carbons (Fsp3) is 0.267. The van der Waals surface area contributed by atoms with Gasteiger partial charge in [-0.2, -0.15) is 0 Å². The molecule has 2 amide bonds. The smallest absolute Gasteiger partial charge is 0.327 e. The third-order valence-corrected chi connectivity index (χ3v) is 0.577. The maximum absolute atomic E-state index is 9.47. The van der Waals surface area contributed by atoms with E-state index in [2.05, 4.69) is 31.2 Å². The molecule has 5 N–H and O–H groups in total. The topological polar surface area (TPSA) is 158 Å². The maximum Gasteiger partial charge on any atom is 0.327 e. The highest BCUT2D eigenvalue weighted by Gasteiger charge is 1.73. The number of amides is 2. The van der Waals surface area contributed by atoms with Crippen molar-refractivity contribution in [3.8, 4) is 0 Å². The van der Waals surface area contributed by atoms with Crippen molar-refractivity contribution >= 4 is 29.4 Å². The first kappa shape index (κ1) is 32.1. The zero-order chi connectivity index (χ0) is 20.0. The minimum absolute atomic E-state index is 0.167. The van der Waals surface area contributed by atoms with E-state index in [4.69, 9.17) is 5.11 Å². The number of hydrogen-bond acceptors (Lipinski definition) is 5. The molecule has 23 heavy (non-hydrogen) atoms. The molecule has 132 valence electrons. The van der Waals surface area contributed by atoms with Crippen molar-refractivity contribution in [1.29, 1.82) is 0 Å². The van der Waals surface area contributed by atoms with Gasteiger partial charge in [-0.15, -0.1) is 0 Å². The number of carboxylic acids is 1. The Bertz CT molecular complexity index is 351. The molecule has 0 aliphatic rings. The fourth-order valence-electron chi connectivity index (χ4n) is 0. The number of rotatable bonds is 3. The number of ketones is 2. The van der Waals surface area contributed by atoms with Crippen LogP contribution in [0.4, 0.5) is 0 Å². The van der Waals surface area contributed by atoms with Crippen molar-refractivity contribution in [1.82, 2.24) is 0 Å². The van der Waals surface area contributed by atoms with Crippen molar-refractivity contribution in [3.05, 3.63) is 38.0 Å². The van der Waals surface area contributed by atoms with Gasteiger partial charge in [0.1, 0.15) is 11.6 Å². The molecule has 0 radical (unpaired) electrons. The van der Waals surface area contributed by atoms with Crippen molar-refractivity contribution < 1.29 is 29.1 Å². The molecule has 0 bridgehead atoms. The van der Waals surface area contributed by atoms with Gasteiger partial charge in [0.15, 0.2) is 0 Å². The zero-order valence-corrected chi connectivity index (χ0v) is 14.0. The van der Waals surface area contributed by atoms with Crippen LogP contribution in [-0.4, -0.2) is 34.5 Å². The summed E-state index contributed by atoms with van der Waals surface area (Å²) in [6.45, 7) is 15.2. The molecule has 8 nitrogen and oxygen atoms in total. The Morgan fingerprint density at radius 3 is 0.783 bits per heavy atom. The van der Waals surface area contributed by atoms with Crippen LogP contribution in [0.2, 0.25) is 0 Å². The van der Waals surface area contributed by atoms with Crippen LogP contribution >= 0.6 is 0 Å². The lowest BCUT2D eigenvalue weighted by Gasteiger charge is -1.65. The summed E-state index contributed by atoms with van der Waals surface area (Å²) < 4.78 is 0. The molecule has 0 atom stereocenters. The highest BCUT2D eigenvalue weighted by Crippen LogP contribution is 1.54. The number of Topliss-reactive ketones (excluding diaryl/α,β-unsaturated/α-hetero) is 2. The van der Waals surface area contributed by atoms with Gasteiger partial charge < -0.3 is 26.2 Å². The summed E-state index contributed by atoms with van der Waals surface area (Å²) in [6, 6.07) is 0. The number of nitrogens with two attached hydrogens (primary N) is 2. The quantitative estimate of drug-likeness (QED) is 0.648. The first-order valence-corrected chi connectivity index (χ1v) is 5.91. The van der Waals surface area contributed by atoms with Gasteiger partial charge in [-0.3, -0.25) is 9.59 Å². The van der Waals surface area contributed by atoms with Crippen molar-refractivity contribution in [2.75, 3.05) is 0 Å². The first-order valence-electron chi connectivity index (χ1n) is 5.91. The summed E-state index contributed by atoms with van der Waals surface area (Å²) in [4.78, 5) is 47.1. The molecule has 0 aliphatic carbocycles. The predicted octanol–water partition coefficient (Wildman–Crippen LogP) is 0.763. The van der Waals surface area contributed by atoms with Gasteiger partial charge in [-0.25, -0.2) is 4.79 Å². The van der Waals surface area contributed by atoms with Gasteiger partial charge in [0, 0.05) is 6.08 Å². The Morgan fingerprint density at radius 2 is 0.783 bits per heavy atom. The highest BCUT2D eigenvalue weighted by atomic mass is 16.4. The second kappa shape index (κ2) is 27.3. The molecule has 0 unspecified atom stereocenters. The molecule has 0 aromatic heterocycles. The number of primary amides is 2. The molecule has 0 fully saturated rings. The van der Waals surface area contributed by atoms with E-state index in [1.54, 1.807) is 0 Å². The Balaban J connectivity index is -0.0000000589. The molecule has 0 rings (SSSR count). The van der Waals surface area contributed by atoms with Crippen LogP contribution in [0.5, 0.6) is 0 Å². The Hall–Kier alpha value is -3.03. The molecule has 0 saturated carbocycles. The molecule has 0 aliphatic heterocycles. The minimum Gasteiger partial charge on any atom is -0.478 e. The van der Waals surface area contributed by atoms with E-state index < -0.39 is 17.8 Å². The molecular formula is C15H26N2O6. The molecule has 0 aromatic rings. The molecular weight excluding hydrogens is 304 g/mol. The second-order valence-electron chi connectivity index (χ2n) is 3.57. The normalized spacial score (nSPS) is 6.43. The third kappa shape index (κ3) is 619. The van der Waals surface area contributed by atoms with E-state index >= 15 is 0 Å². The van der Waals surface area contributed by atoms with Crippen LogP contribution in [0.15, 0.2) is 38.0 Å². The lowest BCUT2D eigenvalue weighted by Crippen LogP contribution is -2.04. The van der Waals surface area contributed by atoms with E-state index in [0.29, 0.717) is 0 Å². The van der Waals surface area contributed by atoms with E-state index in [9.17, 15) is 24.0 Å². The highest BCUT2D eigenvalue weighted by molar-refractivity contribution is 5.85. The van der Waals surface area contributed by atoms with Gasteiger partial charge >= 0.3 is 5.97 Å². The van der Waals surface area contributed by atoms with Crippen LogP contribution in [0.1, 0.15) is 27.7 Å². The lowest BCUT2D eigenvalue weighted by molar-refractivity contribution is -0.131. The van der Waals surface area contributed by atoms with E-state index in [1.165, 1.54) is 27.7 Å². The molecule has 0 spiro atoms. The average molecular weight is 330 g/mol. The number of hydrogen-bond donors (Lipinski definition) is 3. The van der Waals surface area contributed by atoms with Crippen molar-refractivity contribution in [2.24, 2.45) is 11.5 Å². The summed E-state index contributed by atoms with van der Waals surface area (Å²) in [5.74, 6) is -1.61. The lowest BCUT2D eigenvalue weighted by atomic mass is 10.6. The molecule has 8 heteroatoms. The van der Waals surface area contributed by atoms with Gasteiger partial charge in [-0.05, 0) is 39.8 Å². The molecule has 0 saturated heterocycles. The molecule has 0 heterocycles. The monoisotopic (exact) mass is 330 g/mol. The Labute approximate surface area is 136 Å². The first-order chi connectivity index (χ1) is 10.3. The van der Waals surface area contributed by atoms with Crippen LogP contribution < -0.4 is 11.5 Å². The largest absolute Gasteiger partial charge is 0.478 e. The van der Waals surface area contributed by atoms with Crippen LogP contribution in [0.3, 0.4) is 0 Å². The van der Waals surface area contributed by atoms with E-state index in [1.807, 2.05) is 0 Å². The average Bonchev–Trinajstić information content (AvgIpc) is 2.38. The van der Waals surface area contributed by atoms with Crippen molar-refractivity contribution in [3.63, 3.8) is 0 Å². The summed E-state index contributed by atoms with van der Waals surface area (Å²) in [5.41, 5.74) is 9.07. The number of aliphatic carboxylic acids is 1. The summed E-state index contributed by atoms with van der Waals surface area (Å²) in [5, 5.41) is 7.60. The fourth-order valence-corrected chi connectivity index (χ4v) is 0. The van der Waals surface area contributed by atoms with E-state index in [-0.39, 0.29) is 11.6 Å². The van der Waals surface area contributed by atoms with Crippen LogP contribution in [0.25, 0.3) is 0 Å². The van der Waals surface area contributed by atoms with Crippen LogP contribution in [-0.2, 0) is 24.0 Å². The summed E-state index contributed by atoms with van der Waals surface area (Å²) in [7, 11) is 0. The summed E-state index contributed by atoms with van der Waals surface area (Å²) in [6.07, 6.45) is 2.94. The maximum atomic E-state index is 9.47. The number of carbonyl (C=O) groups is 5. The Kier molecular flexibility index (Phi) is 38.1. The second-order valence-corrected chi connectivity index (χ2v) is 3.57. The third-order valence-electron chi connectivity index (χ3n) is 0.577. The standard InChI is InChI=1S/2C3H5NO.C3H4O2.2C3H6O/c3*1-2-3(4)5;2*1-3(2)4/h2*2H,1H2,(H2,4,5);2H,1H2,(H,4,5);2*1-2H3. The van der Waals surface area contributed by atoms with Crippen LogP contribution in [0, 0.1) is 0 Å². The molecule has 0 aromatic carbocycles. The van der Waals surface area contributed by atoms with Gasteiger partial charge in [0.2, 0.25) is 11.8 Å². The van der Waals surface area contributed by atoms with Crippen molar-refractivity contribution in [2.45, 2.75) is 27.7 Å². The summed E-state index contributed by atoms with van der Waals surface area (Å²) >= 11 is 0. The van der Waals surface area contributed by atoms with Gasteiger partial charge in [0.25, 0.3) is 0 Å². The minimum atomic E-state index is -0.981. The SMILES string of the molecule is C=CC(=O)O.C=CC(N)=O.C=CC(N)=O.CC(C)=O.CC(C)=O.